The van der Waals surface area contributed by atoms with Gasteiger partial charge in [-0.25, -0.2) is 8.42 Å². The van der Waals surface area contributed by atoms with Gasteiger partial charge in [0, 0.05) is 7.05 Å². The van der Waals surface area contributed by atoms with Crippen LogP contribution < -0.4 is 10.5 Å². The van der Waals surface area contributed by atoms with Crippen molar-refractivity contribution in [3.63, 3.8) is 0 Å². The van der Waals surface area contributed by atoms with Crippen LogP contribution in [0.5, 0.6) is 5.75 Å². The molecule has 0 spiro atoms. The third-order valence-corrected chi connectivity index (χ3v) is 7.11. The minimum absolute atomic E-state index is 0.186. The molecule has 0 bridgehead atoms. The molecule has 128 valence electrons. The number of nitrogens with two attached hydrogens (primary N) is 1. The van der Waals surface area contributed by atoms with Crippen LogP contribution in [0.15, 0.2) is 17.0 Å². The molecule has 0 atom stereocenters. The van der Waals surface area contributed by atoms with E-state index in [1.807, 2.05) is 6.92 Å². The molecule has 1 aromatic rings. The number of ether oxygens (including phenoxy) is 1. The van der Waals surface area contributed by atoms with Crippen molar-refractivity contribution >= 4 is 15.9 Å². The fraction of sp³-hybridized carbons (Fsp3) is 0.562. The third kappa shape index (κ3) is 2.72. The number of amides is 1. The first-order chi connectivity index (χ1) is 10.7. The number of likely N-dealkylation sites (N-methyl/N-ethyl adjacent to an activating group) is 1. The van der Waals surface area contributed by atoms with E-state index in [9.17, 15) is 13.2 Å². The lowest BCUT2D eigenvalue weighted by Crippen LogP contribution is -2.56. The molecule has 0 unspecified atom stereocenters. The monoisotopic (exact) mass is 340 g/mol. The van der Waals surface area contributed by atoms with Crippen molar-refractivity contribution in [1.29, 1.82) is 0 Å². The fourth-order valence-electron chi connectivity index (χ4n) is 3.33. The standard InChI is InChI=1S/C16H24N2O4S/c1-11-12(2)14(8-7-13(11)22-4)23(20,21)18(3)16(15(17)19)9-5-6-10-16/h7-8H,5-6,9-10H2,1-4H3,(H2,17,19). The quantitative estimate of drug-likeness (QED) is 0.884. The molecule has 6 nitrogen and oxygen atoms in total. The zero-order valence-electron chi connectivity index (χ0n) is 14.0. The van der Waals surface area contributed by atoms with E-state index in [1.165, 1.54) is 17.4 Å². The number of hydrogen-bond acceptors (Lipinski definition) is 4. The van der Waals surface area contributed by atoms with E-state index >= 15 is 0 Å². The molecule has 0 radical (unpaired) electrons. The summed E-state index contributed by atoms with van der Waals surface area (Å²) in [6, 6.07) is 3.16. The predicted octanol–water partition coefficient (Wildman–Crippen LogP) is 1.73. The molecular formula is C16H24N2O4S. The van der Waals surface area contributed by atoms with Crippen LogP contribution in [-0.4, -0.2) is 38.3 Å². The van der Waals surface area contributed by atoms with E-state index in [-0.39, 0.29) is 4.90 Å². The molecule has 2 rings (SSSR count). The second kappa shape index (κ2) is 6.13. The van der Waals surface area contributed by atoms with Crippen LogP contribution in [0, 0.1) is 13.8 Å². The summed E-state index contributed by atoms with van der Waals surface area (Å²) in [6.07, 6.45) is 2.52. The summed E-state index contributed by atoms with van der Waals surface area (Å²) in [5.41, 5.74) is 5.82. The molecule has 1 aliphatic carbocycles. The Bertz CT molecular complexity index is 722. The Labute approximate surface area is 137 Å². The van der Waals surface area contributed by atoms with Crippen molar-refractivity contribution in [2.75, 3.05) is 14.2 Å². The van der Waals surface area contributed by atoms with Crippen molar-refractivity contribution in [2.24, 2.45) is 5.73 Å². The maximum atomic E-state index is 13.1. The van der Waals surface area contributed by atoms with Gasteiger partial charge in [0.1, 0.15) is 11.3 Å². The molecule has 0 aliphatic heterocycles. The molecular weight excluding hydrogens is 316 g/mol. The molecule has 1 fully saturated rings. The van der Waals surface area contributed by atoms with Gasteiger partial charge < -0.3 is 10.5 Å². The largest absolute Gasteiger partial charge is 0.496 e. The van der Waals surface area contributed by atoms with E-state index in [4.69, 9.17) is 10.5 Å². The number of carbonyl (C=O) groups is 1. The van der Waals surface area contributed by atoms with Crippen LogP contribution in [0.2, 0.25) is 0 Å². The highest BCUT2D eigenvalue weighted by molar-refractivity contribution is 7.89. The minimum Gasteiger partial charge on any atom is -0.496 e. The summed E-state index contributed by atoms with van der Waals surface area (Å²) < 4.78 is 32.6. The molecule has 1 saturated carbocycles. The highest BCUT2D eigenvalue weighted by Crippen LogP contribution is 2.38. The Morgan fingerprint density at radius 1 is 1.22 bits per heavy atom. The van der Waals surface area contributed by atoms with Crippen molar-refractivity contribution in [2.45, 2.75) is 50.0 Å². The van der Waals surface area contributed by atoms with Crippen LogP contribution in [0.3, 0.4) is 0 Å². The highest BCUT2D eigenvalue weighted by Gasteiger charge is 2.48. The lowest BCUT2D eigenvalue weighted by molar-refractivity contribution is -0.126. The van der Waals surface area contributed by atoms with Crippen molar-refractivity contribution in [1.82, 2.24) is 4.31 Å². The molecule has 1 amide bonds. The van der Waals surface area contributed by atoms with E-state index < -0.39 is 21.5 Å². The van der Waals surface area contributed by atoms with Gasteiger partial charge in [-0.1, -0.05) is 12.8 Å². The first-order valence-corrected chi connectivity index (χ1v) is 9.05. The number of sulfonamides is 1. The predicted molar refractivity (Wildman–Crippen MR) is 87.8 cm³/mol. The third-order valence-electron chi connectivity index (χ3n) is 5.04. The van der Waals surface area contributed by atoms with Gasteiger partial charge in [0.2, 0.25) is 15.9 Å². The maximum absolute atomic E-state index is 13.1. The van der Waals surface area contributed by atoms with Gasteiger partial charge >= 0.3 is 0 Å². The smallest absolute Gasteiger partial charge is 0.244 e. The van der Waals surface area contributed by atoms with Crippen LogP contribution >= 0.6 is 0 Å². The van der Waals surface area contributed by atoms with Crippen molar-refractivity contribution in [3.8, 4) is 5.75 Å². The molecule has 0 saturated heterocycles. The Hall–Kier alpha value is -1.60. The number of rotatable bonds is 5. The van der Waals surface area contributed by atoms with Gasteiger partial charge in [0.15, 0.2) is 0 Å². The normalized spacial score (nSPS) is 17.4. The minimum atomic E-state index is -3.83. The van der Waals surface area contributed by atoms with Crippen LogP contribution in [-0.2, 0) is 14.8 Å². The number of methoxy groups -OCH3 is 1. The van der Waals surface area contributed by atoms with Gasteiger partial charge in [0.05, 0.1) is 12.0 Å². The average Bonchev–Trinajstić information content (AvgIpc) is 2.99. The lowest BCUT2D eigenvalue weighted by atomic mass is 9.97. The van der Waals surface area contributed by atoms with Crippen LogP contribution in [0.4, 0.5) is 0 Å². The molecule has 1 aromatic carbocycles. The van der Waals surface area contributed by atoms with E-state index in [1.54, 1.807) is 20.1 Å². The summed E-state index contributed by atoms with van der Waals surface area (Å²) in [5.74, 6) is 0.0542. The van der Waals surface area contributed by atoms with Gasteiger partial charge in [-0.2, -0.15) is 4.31 Å². The number of carbonyl (C=O) groups excluding carboxylic acids is 1. The highest BCUT2D eigenvalue weighted by atomic mass is 32.2. The van der Waals surface area contributed by atoms with E-state index in [0.717, 1.165) is 18.4 Å². The zero-order chi connectivity index (χ0) is 17.4. The first kappa shape index (κ1) is 17.7. The lowest BCUT2D eigenvalue weighted by Gasteiger charge is -2.35. The van der Waals surface area contributed by atoms with Gasteiger partial charge in [0.25, 0.3) is 0 Å². The topological polar surface area (TPSA) is 89.7 Å². The van der Waals surface area contributed by atoms with Gasteiger partial charge in [-0.15, -0.1) is 0 Å². The second-order valence-electron chi connectivity index (χ2n) is 6.09. The average molecular weight is 340 g/mol. The number of nitrogens with zero attached hydrogens (tertiary/aromatic N) is 1. The SMILES string of the molecule is COc1ccc(S(=O)(=O)N(C)C2(C(N)=O)CCCC2)c(C)c1C. The van der Waals surface area contributed by atoms with Gasteiger partial charge in [-0.05, 0) is 49.9 Å². The summed E-state index contributed by atoms with van der Waals surface area (Å²) >= 11 is 0. The number of hydrogen-bond donors (Lipinski definition) is 1. The number of benzene rings is 1. The zero-order valence-corrected chi connectivity index (χ0v) is 14.9. The molecule has 0 heterocycles. The Balaban J connectivity index is 2.54. The summed E-state index contributed by atoms with van der Waals surface area (Å²) in [6.45, 7) is 3.55. The Kier molecular flexibility index (Phi) is 4.73. The Morgan fingerprint density at radius 3 is 2.26 bits per heavy atom. The molecule has 7 heteroatoms. The van der Waals surface area contributed by atoms with Gasteiger partial charge in [-0.3, -0.25) is 4.79 Å². The van der Waals surface area contributed by atoms with Crippen LogP contribution in [0.1, 0.15) is 36.8 Å². The Morgan fingerprint density at radius 2 is 1.78 bits per heavy atom. The molecule has 2 N–H and O–H groups in total. The fourth-order valence-corrected chi connectivity index (χ4v) is 5.13. The van der Waals surface area contributed by atoms with E-state index in [2.05, 4.69) is 0 Å². The van der Waals surface area contributed by atoms with Crippen molar-refractivity contribution < 1.29 is 17.9 Å². The molecule has 23 heavy (non-hydrogen) atoms. The maximum Gasteiger partial charge on any atom is 0.244 e. The van der Waals surface area contributed by atoms with Crippen LogP contribution in [0.25, 0.3) is 0 Å². The summed E-state index contributed by atoms with van der Waals surface area (Å²) in [7, 11) is -0.834. The molecule has 1 aliphatic rings. The number of primary amides is 1. The second-order valence-corrected chi connectivity index (χ2v) is 8.03. The summed E-state index contributed by atoms with van der Waals surface area (Å²) in [4.78, 5) is 12.2. The summed E-state index contributed by atoms with van der Waals surface area (Å²) in [5, 5.41) is 0. The molecule has 0 aromatic heterocycles. The van der Waals surface area contributed by atoms with E-state index in [0.29, 0.717) is 24.2 Å². The van der Waals surface area contributed by atoms with Crippen molar-refractivity contribution in [3.05, 3.63) is 23.3 Å². The first-order valence-electron chi connectivity index (χ1n) is 7.61.